The Morgan fingerprint density at radius 2 is 0.541 bits per heavy atom. The second kappa shape index (κ2) is 13.6. The van der Waals surface area contributed by atoms with Crippen LogP contribution in [0.4, 0.5) is 0 Å². The normalized spacial score (nSPS) is 13.1. The Morgan fingerprint density at radius 3 is 0.676 bits per heavy atom. The van der Waals surface area contributed by atoms with Crippen LogP contribution in [0.1, 0.15) is 109 Å². The van der Waals surface area contributed by atoms with Crippen LogP contribution in [0.2, 0.25) is 0 Å². The van der Waals surface area contributed by atoms with Crippen LogP contribution >= 0.6 is 0 Å². The smallest absolute Gasteiger partial charge is 0.311 e. The zero-order valence-electron chi connectivity index (χ0n) is 25.4. The van der Waals surface area contributed by atoms with Gasteiger partial charge in [-0.05, 0) is 114 Å². The SMILES string of the molecule is CC(C)(C)C(=O)OCCC(CCOC(=O)C(C)(C)C)(CCOC(=O)C(C)(C)C)CCOC(=O)C(C)(C)C. The summed E-state index contributed by atoms with van der Waals surface area (Å²) in [5, 5.41) is 0. The van der Waals surface area contributed by atoms with E-state index in [1.54, 1.807) is 83.1 Å². The fourth-order valence-corrected chi connectivity index (χ4v) is 3.06. The molecule has 0 aromatic rings. The lowest BCUT2D eigenvalue weighted by molar-refractivity contribution is -0.156. The number of carbonyl (C=O) groups excluding carboxylic acids is 4. The molecule has 0 spiro atoms. The molecule has 0 bridgehead atoms. The second-order valence-corrected chi connectivity index (χ2v) is 14.0. The van der Waals surface area contributed by atoms with E-state index in [0.29, 0.717) is 25.7 Å². The van der Waals surface area contributed by atoms with Crippen molar-refractivity contribution in [3.63, 3.8) is 0 Å². The van der Waals surface area contributed by atoms with Crippen molar-refractivity contribution in [3.05, 3.63) is 0 Å². The molecule has 0 aromatic heterocycles. The predicted molar refractivity (Wildman–Crippen MR) is 143 cm³/mol. The van der Waals surface area contributed by atoms with Crippen molar-refractivity contribution in [3.8, 4) is 0 Å². The largest absolute Gasteiger partial charge is 0.465 e. The minimum atomic E-state index is -0.643. The Morgan fingerprint density at radius 1 is 0.378 bits per heavy atom. The van der Waals surface area contributed by atoms with Crippen molar-refractivity contribution >= 4 is 23.9 Å². The first kappa shape index (κ1) is 34.9. The van der Waals surface area contributed by atoms with E-state index in [-0.39, 0.29) is 50.3 Å². The lowest BCUT2D eigenvalue weighted by atomic mass is 9.76. The number of ether oxygens (including phenoxy) is 4. The first-order valence-corrected chi connectivity index (χ1v) is 13.2. The van der Waals surface area contributed by atoms with E-state index in [1.807, 2.05) is 0 Å². The molecular formula is C29H52O8. The lowest BCUT2D eigenvalue weighted by Crippen LogP contribution is -2.33. The molecule has 0 atom stereocenters. The van der Waals surface area contributed by atoms with E-state index in [1.165, 1.54) is 0 Å². The number of carbonyl (C=O) groups is 4. The number of hydrogen-bond acceptors (Lipinski definition) is 8. The third-order valence-corrected chi connectivity index (χ3v) is 5.91. The lowest BCUT2D eigenvalue weighted by Gasteiger charge is -2.35. The maximum absolute atomic E-state index is 12.4. The molecule has 8 nitrogen and oxygen atoms in total. The van der Waals surface area contributed by atoms with Crippen LogP contribution in [0.5, 0.6) is 0 Å². The summed E-state index contributed by atoms with van der Waals surface area (Å²) in [4.78, 5) is 49.4. The Bertz CT molecular complexity index is 636. The molecule has 37 heavy (non-hydrogen) atoms. The van der Waals surface area contributed by atoms with Crippen molar-refractivity contribution in [2.24, 2.45) is 27.1 Å². The molecular weight excluding hydrogens is 476 g/mol. The first-order valence-electron chi connectivity index (χ1n) is 13.2. The number of hydrogen-bond donors (Lipinski definition) is 0. The maximum Gasteiger partial charge on any atom is 0.311 e. The fraction of sp³-hybridized carbons (Fsp3) is 0.862. The van der Waals surface area contributed by atoms with Gasteiger partial charge in [0.2, 0.25) is 0 Å². The molecule has 0 N–H and O–H groups in total. The van der Waals surface area contributed by atoms with E-state index in [2.05, 4.69) is 0 Å². The maximum atomic E-state index is 12.4. The quantitative estimate of drug-likeness (QED) is 0.228. The molecule has 0 rings (SSSR count). The molecule has 0 aromatic carbocycles. The van der Waals surface area contributed by atoms with Crippen molar-refractivity contribution in [1.82, 2.24) is 0 Å². The molecule has 216 valence electrons. The number of rotatable bonds is 12. The molecule has 0 radical (unpaired) electrons. The molecule has 0 aliphatic carbocycles. The predicted octanol–water partition coefficient (Wildman–Crippen LogP) is 5.89. The Labute approximate surface area is 224 Å². The van der Waals surface area contributed by atoms with Gasteiger partial charge in [-0.25, -0.2) is 0 Å². The van der Waals surface area contributed by atoms with Crippen LogP contribution in [-0.4, -0.2) is 50.3 Å². The molecule has 0 saturated heterocycles. The highest BCUT2D eigenvalue weighted by Gasteiger charge is 2.35. The van der Waals surface area contributed by atoms with Gasteiger partial charge in [-0.2, -0.15) is 0 Å². The standard InChI is InChI=1S/C29H52O8/c1-25(2,3)21(30)34-17-13-29(14-18-35-22(31)26(4,5)6,15-19-36-23(32)27(7,8)9)16-20-37-24(33)28(10,11)12/h13-20H2,1-12H3. The molecule has 0 amide bonds. The highest BCUT2D eigenvalue weighted by atomic mass is 16.5. The first-order chi connectivity index (χ1) is 16.5. The van der Waals surface area contributed by atoms with E-state index in [9.17, 15) is 19.2 Å². The zero-order valence-corrected chi connectivity index (χ0v) is 25.4. The van der Waals surface area contributed by atoms with Gasteiger partial charge in [0, 0.05) is 0 Å². The molecule has 0 unspecified atom stereocenters. The minimum absolute atomic E-state index is 0.143. The molecule has 0 fully saturated rings. The highest BCUT2D eigenvalue weighted by molar-refractivity contribution is 5.76. The van der Waals surface area contributed by atoms with Gasteiger partial charge in [0.15, 0.2) is 0 Å². The van der Waals surface area contributed by atoms with Gasteiger partial charge in [-0.15, -0.1) is 0 Å². The van der Waals surface area contributed by atoms with Gasteiger partial charge in [-0.1, -0.05) is 0 Å². The summed E-state index contributed by atoms with van der Waals surface area (Å²) < 4.78 is 22.2. The average Bonchev–Trinajstić information content (AvgIpc) is 2.70. The summed E-state index contributed by atoms with van der Waals surface area (Å²) >= 11 is 0. The topological polar surface area (TPSA) is 105 Å². The van der Waals surface area contributed by atoms with Crippen molar-refractivity contribution in [2.45, 2.75) is 109 Å². The highest BCUT2D eigenvalue weighted by Crippen LogP contribution is 2.37. The van der Waals surface area contributed by atoms with Crippen LogP contribution in [-0.2, 0) is 38.1 Å². The summed E-state index contributed by atoms with van der Waals surface area (Å²) in [6.07, 6.45) is 1.73. The van der Waals surface area contributed by atoms with E-state index >= 15 is 0 Å². The summed E-state index contributed by atoms with van der Waals surface area (Å²) in [5.74, 6) is -1.28. The zero-order chi connectivity index (χ0) is 29.3. The van der Waals surface area contributed by atoms with Crippen LogP contribution in [0, 0.1) is 27.1 Å². The van der Waals surface area contributed by atoms with E-state index in [4.69, 9.17) is 18.9 Å². The second-order valence-electron chi connectivity index (χ2n) is 14.0. The third kappa shape index (κ3) is 13.8. The summed E-state index contributed by atoms with van der Waals surface area (Å²) in [6, 6.07) is 0. The summed E-state index contributed by atoms with van der Waals surface area (Å²) in [7, 11) is 0. The Kier molecular flexibility index (Phi) is 12.8. The van der Waals surface area contributed by atoms with Crippen LogP contribution < -0.4 is 0 Å². The van der Waals surface area contributed by atoms with Gasteiger partial charge < -0.3 is 18.9 Å². The van der Waals surface area contributed by atoms with E-state index < -0.39 is 27.1 Å². The average molecular weight is 529 g/mol. The monoisotopic (exact) mass is 528 g/mol. The Balaban J connectivity index is 5.74. The fourth-order valence-electron chi connectivity index (χ4n) is 3.06. The Hall–Kier alpha value is -2.12. The molecule has 8 heteroatoms. The third-order valence-electron chi connectivity index (χ3n) is 5.91. The van der Waals surface area contributed by atoms with Gasteiger partial charge in [0.1, 0.15) is 0 Å². The minimum Gasteiger partial charge on any atom is -0.465 e. The van der Waals surface area contributed by atoms with Gasteiger partial charge in [-0.3, -0.25) is 19.2 Å². The van der Waals surface area contributed by atoms with Crippen molar-refractivity contribution < 1.29 is 38.1 Å². The van der Waals surface area contributed by atoms with Crippen LogP contribution in [0.25, 0.3) is 0 Å². The van der Waals surface area contributed by atoms with Gasteiger partial charge >= 0.3 is 23.9 Å². The van der Waals surface area contributed by atoms with Crippen LogP contribution in [0.3, 0.4) is 0 Å². The van der Waals surface area contributed by atoms with Gasteiger partial charge in [0.05, 0.1) is 48.1 Å². The summed E-state index contributed by atoms with van der Waals surface area (Å²) in [5.41, 5.74) is -3.14. The van der Waals surface area contributed by atoms with Crippen molar-refractivity contribution in [2.75, 3.05) is 26.4 Å². The van der Waals surface area contributed by atoms with Crippen LogP contribution in [0.15, 0.2) is 0 Å². The molecule has 0 saturated carbocycles. The molecule has 0 aliphatic rings. The summed E-state index contributed by atoms with van der Waals surface area (Å²) in [6.45, 7) is 22.0. The number of esters is 4. The molecule has 0 heterocycles. The van der Waals surface area contributed by atoms with E-state index in [0.717, 1.165) is 0 Å². The molecule has 0 aliphatic heterocycles. The van der Waals surface area contributed by atoms with Gasteiger partial charge in [0.25, 0.3) is 0 Å². The van der Waals surface area contributed by atoms with Crippen molar-refractivity contribution in [1.29, 1.82) is 0 Å².